The van der Waals surface area contributed by atoms with Crippen molar-refractivity contribution in [2.45, 2.75) is 63.7 Å². The number of hydrogen-bond donors (Lipinski definition) is 2. The number of aromatic nitrogens is 2. The number of rotatable bonds is 7. The molecule has 0 amide bonds. The molecule has 1 saturated carbocycles. The molecule has 0 bridgehead atoms. The standard InChI is InChI=1S/C20H30N4OS/c1-20(2,3)26-21-14-16-9-11-17(12-10-16)22-19-23-18(24-25-19)13-15-7-5-4-6-8-15/h4-8,16-17,21H,9-14H2,1-3H3,(H,22,23,24)/t16-,17-. The van der Waals surface area contributed by atoms with Gasteiger partial charge in [-0.2, -0.15) is 4.98 Å². The van der Waals surface area contributed by atoms with E-state index in [2.05, 4.69) is 53.1 Å². The molecule has 1 aromatic heterocycles. The SMILES string of the molecule is CC(C)(C)SNC[C@H]1CC[C@H](Nc2nc(Cc3ccccc3)no2)CC1. The van der Waals surface area contributed by atoms with Gasteiger partial charge in [-0.25, -0.2) is 0 Å². The predicted molar refractivity (Wildman–Crippen MR) is 108 cm³/mol. The Kier molecular flexibility index (Phi) is 6.59. The van der Waals surface area contributed by atoms with Gasteiger partial charge in [0.2, 0.25) is 0 Å². The average molecular weight is 375 g/mol. The first-order valence-electron chi connectivity index (χ1n) is 9.52. The van der Waals surface area contributed by atoms with Crippen molar-refractivity contribution in [3.05, 3.63) is 41.7 Å². The molecule has 0 saturated heterocycles. The normalized spacial score (nSPS) is 20.9. The fraction of sp³-hybridized carbons (Fsp3) is 0.600. The molecule has 0 unspecified atom stereocenters. The Balaban J connectivity index is 1.39. The van der Waals surface area contributed by atoms with Gasteiger partial charge >= 0.3 is 6.01 Å². The number of hydrogen-bond acceptors (Lipinski definition) is 6. The molecule has 26 heavy (non-hydrogen) atoms. The highest BCUT2D eigenvalue weighted by Gasteiger charge is 2.23. The summed E-state index contributed by atoms with van der Waals surface area (Å²) in [7, 11) is 0. The Morgan fingerprint density at radius 2 is 1.85 bits per heavy atom. The van der Waals surface area contributed by atoms with Crippen LogP contribution in [0.5, 0.6) is 0 Å². The van der Waals surface area contributed by atoms with E-state index in [0.29, 0.717) is 18.5 Å². The minimum absolute atomic E-state index is 0.272. The molecule has 3 rings (SSSR count). The van der Waals surface area contributed by atoms with Gasteiger partial charge in [0.05, 0.1) is 0 Å². The van der Waals surface area contributed by atoms with E-state index in [0.717, 1.165) is 31.1 Å². The number of nitrogens with one attached hydrogen (secondary N) is 2. The van der Waals surface area contributed by atoms with Gasteiger partial charge in [-0.1, -0.05) is 47.4 Å². The number of nitrogens with zero attached hydrogens (tertiary/aromatic N) is 2. The van der Waals surface area contributed by atoms with Crippen LogP contribution in [0.1, 0.15) is 57.8 Å². The fourth-order valence-corrected chi connectivity index (χ4v) is 3.98. The first-order valence-corrected chi connectivity index (χ1v) is 10.3. The van der Waals surface area contributed by atoms with Crippen LogP contribution < -0.4 is 10.0 Å². The lowest BCUT2D eigenvalue weighted by molar-refractivity contribution is 0.331. The Morgan fingerprint density at radius 3 is 2.54 bits per heavy atom. The van der Waals surface area contributed by atoms with E-state index in [-0.39, 0.29) is 4.75 Å². The maximum absolute atomic E-state index is 5.38. The second-order valence-corrected chi connectivity index (χ2v) is 9.82. The summed E-state index contributed by atoms with van der Waals surface area (Å²) in [5.74, 6) is 1.50. The molecule has 1 fully saturated rings. The molecule has 0 spiro atoms. The molecule has 0 radical (unpaired) electrons. The Labute approximate surface area is 160 Å². The molecule has 0 aliphatic heterocycles. The van der Waals surface area contributed by atoms with Gasteiger partial charge in [0.1, 0.15) is 0 Å². The quantitative estimate of drug-likeness (QED) is 0.687. The van der Waals surface area contributed by atoms with Crippen molar-refractivity contribution in [2.24, 2.45) is 5.92 Å². The summed E-state index contributed by atoms with van der Waals surface area (Å²) in [6, 6.07) is 11.2. The van der Waals surface area contributed by atoms with Gasteiger partial charge < -0.3 is 9.84 Å². The Hall–Kier alpha value is -1.53. The number of benzene rings is 1. The van der Waals surface area contributed by atoms with E-state index >= 15 is 0 Å². The molecular formula is C20H30N4OS. The molecule has 1 heterocycles. The lowest BCUT2D eigenvalue weighted by atomic mass is 9.86. The summed E-state index contributed by atoms with van der Waals surface area (Å²) < 4.78 is 9.19. The van der Waals surface area contributed by atoms with Crippen LogP contribution in [0.15, 0.2) is 34.9 Å². The Bertz CT molecular complexity index is 660. The van der Waals surface area contributed by atoms with Crippen LogP contribution in [-0.2, 0) is 6.42 Å². The molecule has 1 aromatic carbocycles. The van der Waals surface area contributed by atoms with Gasteiger partial charge in [0.25, 0.3) is 0 Å². The monoisotopic (exact) mass is 374 g/mol. The molecule has 2 aromatic rings. The first-order chi connectivity index (χ1) is 12.5. The van der Waals surface area contributed by atoms with Crippen LogP contribution in [0.2, 0.25) is 0 Å². The minimum Gasteiger partial charge on any atom is -0.335 e. The summed E-state index contributed by atoms with van der Waals surface area (Å²) >= 11 is 1.84. The maximum Gasteiger partial charge on any atom is 0.321 e. The lowest BCUT2D eigenvalue weighted by Crippen LogP contribution is -2.30. The third kappa shape index (κ3) is 6.32. The van der Waals surface area contributed by atoms with Crippen molar-refractivity contribution < 1.29 is 4.52 Å². The molecule has 6 heteroatoms. The average Bonchev–Trinajstić information content (AvgIpc) is 3.03. The molecular weight excluding hydrogens is 344 g/mol. The van der Waals surface area contributed by atoms with Crippen LogP contribution in [0.25, 0.3) is 0 Å². The van der Waals surface area contributed by atoms with E-state index in [1.54, 1.807) is 0 Å². The van der Waals surface area contributed by atoms with Crippen molar-refractivity contribution >= 4 is 18.0 Å². The summed E-state index contributed by atoms with van der Waals surface area (Å²) in [6.07, 6.45) is 5.49. The van der Waals surface area contributed by atoms with Gasteiger partial charge in [0.15, 0.2) is 5.82 Å². The van der Waals surface area contributed by atoms with Crippen LogP contribution in [0, 0.1) is 5.92 Å². The highest BCUT2D eigenvalue weighted by atomic mass is 32.2. The third-order valence-corrected chi connectivity index (χ3v) is 5.52. The van der Waals surface area contributed by atoms with Gasteiger partial charge in [-0.3, -0.25) is 4.72 Å². The zero-order chi connectivity index (χ0) is 18.4. The second kappa shape index (κ2) is 8.91. The maximum atomic E-state index is 5.38. The van der Waals surface area contributed by atoms with Crippen LogP contribution in [0.4, 0.5) is 6.01 Å². The highest BCUT2D eigenvalue weighted by Crippen LogP contribution is 2.27. The van der Waals surface area contributed by atoms with Crippen molar-refractivity contribution in [1.29, 1.82) is 0 Å². The highest BCUT2D eigenvalue weighted by molar-refractivity contribution is 7.98. The largest absolute Gasteiger partial charge is 0.335 e. The van der Waals surface area contributed by atoms with Crippen molar-refractivity contribution in [1.82, 2.24) is 14.9 Å². The number of anilines is 1. The molecule has 142 valence electrons. The zero-order valence-corrected chi connectivity index (χ0v) is 16.8. The van der Waals surface area contributed by atoms with Crippen LogP contribution in [0.3, 0.4) is 0 Å². The first kappa shape index (κ1) is 19.2. The smallest absolute Gasteiger partial charge is 0.321 e. The third-order valence-electron chi connectivity index (χ3n) is 4.60. The predicted octanol–water partition coefficient (Wildman–Crippen LogP) is 4.67. The van der Waals surface area contributed by atoms with Crippen molar-refractivity contribution in [2.75, 3.05) is 11.9 Å². The van der Waals surface area contributed by atoms with Crippen molar-refractivity contribution in [3.8, 4) is 0 Å². The van der Waals surface area contributed by atoms with E-state index < -0.39 is 0 Å². The summed E-state index contributed by atoms with van der Waals surface area (Å²) in [5.41, 5.74) is 1.20. The summed E-state index contributed by atoms with van der Waals surface area (Å²) in [5, 5.41) is 7.52. The van der Waals surface area contributed by atoms with Gasteiger partial charge in [-0.15, -0.1) is 0 Å². The summed E-state index contributed by atoms with van der Waals surface area (Å²) in [6.45, 7) is 7.81. The molecule has 2 N–H and O–H groups in total. The fourth-order valence-electron chi connectivity index (χ4n) is 3.22. The van der Waals surface area contributed by atoms with E-state index in [4.69, 9.17) is 4.52 Å². The molecule has 1 aliphatic rings. The molecule has 0 atom stereocenters. The Morgan fingerprint density at radius 1 is 1.12 bits per heavy atom. The van der Waals surface area contributed by atoms with Crippen LogP contribution >= 0.6 is 11.9 Å². The van der Waals surface area contributed by atoms with E-state index in [1.807, 2.05) is 30.1 Å². The molecule has 5 nitrogen and oxygen atoms in total. The van der Waals surface area contributed by atoms with Gasteiger partial charge in [-0.05, 0) is 57.9 Å². The molecule has 1 aliphatic carbocycles. The second-order valence-electron chi connectivity index (χ2n) is 8.10. The summed E-state index contributed by atoms with van der Waals surface area (Å²) in [4.78, 5) is 4.49. The lowest BCUT2D eigenvalue weighted by Gasteiger charge is -2.29. The van der Waals surface area contributed by atoms with E-state index in [9.17, 15) is 0 Å². The minimum atomic E-state index is 0.272. The van der Waals surface area contributed by atoms with Crippen molar-refractivity contribution in [3.63, 3.8) is 0 Å². The van der Waals surface area contributed by atoms with E-state index in [1.165, 1.54) is 18.4 Å². The van der Waals surface area contributed by atoms with Gasteiger partial charge in [0, 0.05) is 23.8 Å². The zero-order valence-electron chi connectivity index (χ0n) is 16.0. The topological polar surface area (TPSA) is 63.0 Å². The van der Waals surface area contributed by atoms with Crippen LogP contribution in [-0.4, -0.2) is 27.5 Å².